The number of aliphatic carboxylic acids is 1. The second-order valence-electron chi connectivity index (χ2n) is 24.2. The van der Waals surface area contributed by atoms with Crippen LogP contribution in [0.3, 0.4) is 0 Å². The molecule has 0 bridgehead atoms. The van der Waals surface area contributed by atoms with Crippen molar-refractivity contribution in [1.82, 2.24) is 0 Å². The zero-order valence-corrected chi connectivity index (χ0v) is 52.8. The number of ether oxygens (including phenoxy) is 5. The zero-order valence-electron chi connectivity index (χ0n) is 52.8. The van der Waals surface area contributed by atoms with Crippen molar-refractivity contribution in [3.8, 4) is 0 Å². The first-order valence-electron chi connectivity index (χ1n) is 34.7. The summed E-state index contributed by atoms with van der Waals surface area (Å²) in [6.07, 6.45) is 54.5. The normalized spacial score (nSPS) is 17.7. The zero-order chi connectivity index (χ0) is 58.9. The van der Waals surface area contributed by atoms with Gasteiger partial charge in [-0.2, -0.15) is 0 Å². The highest BCUT2D eigenvalue weighted by Crippen LogP contribution is 2.27. The fourth-order valence-electron chi connectivity index (χ4n) is 11.0. The number of carboxylic acids is 1. The Hall–Kier alpha value is -2.54. The lowest BCUT2D eigenvalue weighted by molar-refractivity contribution is -0.301. The average Bonchev–Trinajstić information content (AvgIpc) is 3.53. The van der Waals surface area contributed by atoms with Crippen LogP contribution in [0.25, 0.3) is 0 Å². The Morgan fingerprint density at radius 3 is 1.05 bits per heavy atom. The van der Waals surface area contributed by atoms with Gasteiger partial charge < -0.3 is 39.0 Å². The number of rotatable bonds is 61. The molecule has 6 atom stereocenters. The first-order chi connectivity index (χ1) is 39.6. The van der Waals surface area contributed by atoms with Crippen LogP contribution in [0.15, 0.2) is 12.2 Å². The molecule has 81 heavy (non-hydrogen) atoms. The lowest BCUT2D eigenvalue weighted by Gasteiger charge is -2.40. The van der Waals surface area contributed by atoms with Crippen LogP contribution in [-0.4, -0.2) is 89.2 Å². The Balaban J connectivity index is 2.61. The maximum absolute atomic E-state index is 13.2. The molecule has 0 aromatic heterocycles. The lowest BCUT2D eigenvalue weighted by Crippen LogP contribution is -2.61. The van der Waals surface area contributed by atoms with E-state index in [0.717, 1.165) is 64.2 Å². The van der Waals surface area contributed by atoms with Crippen molar-refractivity contribution >= 4 is 23.9 Å². The van der Waals surface area contributed by atoms with Gasteiger partial charge in [0.1, 0.15) is 18.8 Å². The van der Waals surface area contributed by atoms with Gasteiger partial charge in [0, 0.05) is 19.3 Å². The minimum Gasteiger partial charge on any atom is -0.479 e. The summed E-state index contributed by atoms with van der Waals surface area (Å²) in [6, 6.07) is 0. The maximum Gasteiger partial charge on any atom is 0.335 e. The topological polar surface area (TPSA) is 175 Å². The van der Waals surface area contributed by atoms with Crippen LogP contribution in [0.5, 0.6) is 0 Å². The van der Waals surface area contributed by atoms with E-state index in [0.29, 0.717) is 19.3 Å². The number of esters is 3. The molecule has 0 radical (unpaired) electrons. The number of carbonyl (C=O) groups excluding carboxylic acids is 3. The smallest absolute Gasteiger partial charge is 0.335 e. The van der Waals surface area contributed by atoms with E-state index >= 15 is 0 Å². The summed E-state index contributed by atoms with van der Waals surface area (Å²) in [5.41, 5.74) is 0. The highest BCUT2D eigenvalue weighted by Gasteiger charge is 2.50. The number of carbonyl (C=O) groups is 4. The van der Waals surface area contributed by atoms with Gasteiger partial charge in [0.25, 0.3) is 0 Å². The van der Waals surface area contributed by atoms with Gasteiger partial charge in [-0.1, -0.05) is 303 Å². The molecule has 1 fully saturated rings. The van der Waals surface area contributed by atoms with Gasteiger partial charge in [-0.25, -0.2) is 4.79 Å². The van der Waals surface area contributed by atoms with Gasteiger partial charge in [-0.15, -0.1) is 0 Å². The fourth-order valence-corrected chi connectivity index (χ4v) is 11.0. The van der Waals surface area contributed by atoms with E-state index in [-0.39, 0.29) is 25.9 Å². The second kappa shape index (κ2) is 57.9. The average molecular weight is 1150 g/mol. The third-order valence-electron chi connectivity index (χ3n) is 16.3. The van der Waals surface area contributed by atoms with Gasteiger partial charge in [0.2, 0.25) is 0 Å². The lowest BCUT2D eigenvalue weighted by atomic mass is 9.98. The van der Waals surface area contributed by atoms with Crippen molar-refractivity contribution in [2.24, 2.45) is 0 Å². The molecule has 0 aliphatic carbocycles. The molecule has 1 heterocycles. The number of allylic oxidation sites excluding steroid dienone is 2. The molecule has 0 amide bonds. The van der Waals surface area contributed by atoms with E-state index in [1.54, 1.807) is 0 Å². The van der Waals surface area contributed by atoms with Gasteiger partial charge >= 0.3 is 23.9 Å². The molecule has 0 spiro atoms. The molecule has 476 valence electrons. The summed E-state index contributed by atoms with van der Waals surface area (Å²) in [5.74, 6) is -3.07. The predicted molar refractivity (Wildman–Crippen MR) is 331 cm³/mol. The molecule has 0 aromatic carbocycles. The van der Waals surface area contributed by atoms with Crippen molar-refractivity contribution in [2.75, 3.05) is 13.2 Å². The van der Waals surface area contributed by atoms with Crippen LogP contribution in [0.2, 0.25) is 0 Å². The van der Waals surface area contributed by atoms with Gasteiger partial charge in [-0.05, 0) is 44.9 Å². The number of aliphatic hydroxyl groups is 2. The molecule has 0 aromatic rings. The molecule has 1 saturated heterocycles. The van der Waals surface area contributed by atoms with Crippen molar-refractivity contribution in [1.29, 1.82) is 0 Å². The van der Waals surface area contributed by atoms with Crippen LogP contribution < -0.4 is 0 Å². The first-order valence-corrected chi connectivity index (χ1v) is 34.7. The fraction of sp³-hybridized carbons (Fsp3) is 0.913. The number of hydrogen-bond donors (Lipinski definition) is 3. The molecule has 12 heteroatoms. The third-order valence-corrected chi connectivity index (χ3v) is 16.3. The van der Waals surface area contributed by atoms with E-state index in [2.05, 4.69) is 32.9 Å². The summed E-state index contributed by atoms with van der Waals surface area (Å²) in [6.45, 7) is 6.07. The summed E-state index contributed by atoms with van der Waals surface area (Å²) in [5, 5.41) is 31.6. The number of aliphatic hydroxyl groups excluding tert-OH is 2. The summed E-state index contributed by atoms with van der Waals surface area (Å²) < 4.78 is 28.6. The van der Waals surface area contributed by atoms with Crippen LogP contribution in [0.4, 0.5) is 0 Å². The monoisotopic (exact) mass is 1150 g/mol. The van der Waals surface area contributed by atoms with Crippen LogP contribution >= 0.6 is 0 Å². The van der Waals surface area contributed by atoms with E-state index in [9.17, 15) is 34.5 Å². The van der Waals surface area contributed by atoms with Gasteiger partial charge in [0.05, 0.1) is 6.61 Å². The SMILES string of the molecule is CCCCCCCC/C=C\CCCCCCCCCC(=O)OCC(COC1OC(C(=O)O)C(O)C(O)C1OC(=O)CCCCCCCCCCCCCCCCCCCCC)OC(=O)CCCCCCCCCCCCCCCCC. The maximum atomic E-state index is 13.2. The minimum atomic E-state index is -1.90. The summed E-state index contributed by atoms with van der Waals surface area (Å²) in [4.78, 5) is 51.4. The molecule has 1 aliphatic heterocycles. The van der Waals surface area contributed by atoms with Crippen LogP contribution in [0, 0.1) is 0 Å². The van der Waals surface area contributed by atoms with Crippen LogP contribution in [-0.2, 0) is 42.9 Å². The minimum absolute atomic E-state index is 0.0694. The molecule has 0 saturated carbocycles. The molecule has 3 N–H and O–H groups in total. The summed E-state index contributed by atoms with van der Waals surface area (Å²) >= 11 is 0. The Morgan fingerprint density at radius 1 is 0.395 bits per heavy atom. The van der Waals surface area contributed by atoms with Crippen molar-refractivity contribution in [3.63, 3.8) is 0 Å². The Morgan fingerprint density at radius 2 is 0.704 bits per heavy atom. The standard InChI is InChI=1S/C69H128O12/c1-4-7-10-13-16-19-22-25-28-30-31-33-36-39-42-45-48-51-54-57-63(72)80-67-65(74)64(73)66(68(75)76)81-69(67)78-59-60(79-62(71)56-53-50-47-44-41-38-34-27-24-21-18-15-12-9-6-3)58-77-61(70)55-52-49-46-43-40-37-35-32-29-26-23-20-17-14-11-8-5-2/h26,29,60,64-67,69,73-74H,4-25,27-28,30-59H2,1-3H3,(H,75,76)/b29-26-. The van der Waals surface area contributed by atoms with E-state index in [1.165, 1.54) is 231 Å². The second-order valence-corrected chi connectivity index (χ2v) is 24.2. The van der Waals surface area contributed by atoms with E-state index in [4.69, 9.17) is 23.7 Å². The molecular formula is C69H128O12. The van der Waals surface area contributed by atoms with Crippen molar-refractivity contribution in [3.05, 3.63) is 12.2 Å². The third kappa shape index (κ3) is 47.4. The van der Waals surface area contributed by atoms with Crippen LogP contribution in [0.1, 0.15) is 355 Å². The van der Waals surface area contributed by atoms with Crippen molar-refractivity contribution < 1.29 is 58.2 Å². The molecule has 12 nitrogen and oxygen atoms in total. The number of unbranched alkanes of at least 4 members (excludes halogenated alkanes) is 45. The van der Waals surface area contributed by atoms with Crippen molar-refractivity contribution in [2.45, 2.75) is 391 Å². The quantitative estimate of drug-likeness (QED) is 0.0228. The highest BCUT2D eigenvalue weighted by molar-refractivity contribution is 5.74. The molecule has 1 aliphatic rings. The predicted octanol–water partition coefficient (Wildman–Crippen LogP) is 18.8. The number of hydrogen-bond acceptors (Lipinski definition) is 11. The van der Waals surface area contributed by atoms with Gasteiger partial charge in [0.15, 0.2) is 24.6 Å². The highest BCUT2D eigenvalue weighted by atomic mass is 16.7. The molecule has 1 rings (SSSR count). The summed E-state index contributed by atoms with van der Waals surface area (Å²) in [7, 11) is 0. The number of carboxylic acid groups (broad SMARTS) is 1. The Labute approximate surface area is 496 Å². The molecular weight excluding hydrogens is 1020 g/mol. The van der Waals surface area contributed by atoms with Gasteiger partial charge in [-0.3, -0.25) is 14.4 Å². The first kappa shape index (κ1) is 76.5. The largest absolute Gasteiger partial charge is 0.479 e. The van der Waals surface area contributed by atoms with E-state index in [1.807, 2.05) is 0 Å². The van der Waals surface area contributed by atoms with E-state index < -0.39 is 67.3 Å². The molecule has 6 unspecified atom stereocenters. The Bertz CT molecular complexity index is 1460. The Kier molecular flexibility index (Phi) is 54.6.